The summed E-state index contributed by atoms with van der Waals surface area (Å²) < 4.78 is 0. The molecule has 0 saturated carbocycles. The fraction of sp³-hybridized carbons (Fsp3) is 0.167. The van der Waals surface area contributed by atoms with Gasteiger partial charge in [-0.05, 0) is 19.1 Å². The van der Waals surface area contributed by atoms with E-state index in [0.29, 0.717) is 11.5 Å². The molecule has 0 aliphatic heterocycles. The summed E-state index contributed by atoms with van der Waals surface area (Å²) in [4.78, 5) is 18.8. The Labute approximate surface area is 99.3 Å². The molecular formula is C12H14N4O. The van der Waals surface area contributed by atoms with E-state index in [0.717, 1.165) is 12.2 Å². The third-order valence-electron chi connectivity index (χ3n) is 2.27. The van der Waals surface area contributed by atoms with E-state index in [1.54, 1.807) is 18.5 Å². The Hall–Kier alpha value is -2.30. The predicted octanol–water partition coefficient (Wildman–Crippen LogP) is 2.09. The zero-order valence-electron chi connectivity index (χ0n) is 9.53. The lowest BCUT2D eigenvalue weighted by molar-refractivity contribution is 0.102. The maximum absolute atomic E-state index is 12.0. The number of nitrogens with one attached hydrogen (secondary N) is 3. The van der Waals surface area contributed by atoms with Crippen molar-refractivity contribution in [2.45, 2.75) is 6.92 Å². The Bertz CT molecular complexity index is 493. The highest BCUT2D eigenvalue weighted by atomic mass is 16.1. The highest BCUT2D eigenvalue weighted by Crippen LogP contribution is 2.15. The van der Waals surface area contributed by atoms with E-state index in [9.17, 15) is 4.79 Å². The summed E-state index contributed by atoms with van der Waals surface area (Å²) in [7, 11) is 0. The first kappa shape index (κ1) is 11.2. The minimum Gasteiger partial charge on any atom is -0.385 e. The van der Waals surface area contributed by atoms with Crippen LogP contribution in [0.3, 0.4) is 0 Å². The SMILES string of the molecule is CCNc1ccccc1C(=O)Nc1ncc[nH]1. The molecule has 0 atom stereocenters. The Morgan fingerprint density at radius 2 is 2.24 bits per heavy atom. The number of carbonyl (C=O) groups is 1. The normalized spacial score (nSPS) is 9.94. The van der Waals surface area contributed by atoms with E-state index in [2.05, 4.69) is 20.6 Å². The summed E-state index contributed by atoms with van der Waals surface area (Å²) >= 11 is 0. The monoisotopic (exact) mass is 230 g/mol. The van der Waals surface area contributed by atoms with Gasteiger partial charge >= 0.3 is 0 Å². The summed E-state index contributed by atoms with van der Waals surface area (Å²) in [6.45, 7) is 2.76. The van der Waals surface area contributed by atoms with Crippen LogP contribution in [0.4, 0.5) is 11.6 Å². The highest BCUT2D eigenvalue weighted by Gasteiger charge is 2.11. The van der Waals surface area contributed by atoms with E-state index in [1.807, 2.05) is 25.1 Å². The van der Waals surface area contributed by atoms with Gasteiger partial charge in [0.2, 0.25) is 5.95 Å². The van der Waals surface area contributed by atoms with Gasteiger partial charge in [-0.2, -0.15) is 0 Å². The predicted molar refractivity (Wildman–Crippen MR) is 67.1 cm³/mol. The largest absolute Gasteiger partial charge is 0.385 e. The number of H-pyrrole nitrogens is 1. The van der Waals surface area contributed by atoms with Crippen molar-refractivity contribution in [1.29, 1.82) is 0 Å². The van der Waals surface area contributed by atoms with Gasteiger partial charge in [0.15, 0.2) is 0 Å². The first-order valence-corrected chi connectivity index (χ1v) is 5.45. The van der Waals surface area contributed by atoms with Crippen molar-refractivity contribution in [2.24, 2.45) is 0 Å². The van der Waals surface area contributed by atoms with Gasteiger partial charge in [-0.15, -0.1) is 0 Å². The Morgan fingerprint density at radius 3 is 2.94 bits per heavy atom. The van der Waals surface area contributed by atoms with Gasteiger partial charge < -0.3 is 10.3 Å². The van der Waals surface area contributed by atoms with E-state index in [1.165, 1.54) is 0 Å². The molecule has 0 aliphatic rings. The van der Waals surface area contributed by atoms with Crippen LogP contribution < -0.4 is 10.6 Å². The van der Waals surface area contributed by atoms with Crippen molar-refractivity contribution in [3.05, 3.63) is 42.2 Å². The maximum atomic E-state index is 12.0. The lowest BCUT2D eigenvalue weighted by atomic mass is 10.1. The van der Waals surface area contributed by atoms with Crippen LogP contribution in [0.5, 0.6) is 0 Å². The maximum Gasteiger partial charge on any atom is 0.260 e. The molecule has 2 aromatic rings. The van der Waals surface area contributed by atoms with Gasteiger partial charge in [-0.3, -0.25) is 10.1 Å². The van der Waals surface area contributed by atoms with Crippen LogP contribution in [-0.4, -0.2) is 22.4 Å². The number of aromatic nitrogens is 2. The fourth-order valence-corrected chi connectivity index (χ4v) is 1.53. The summed E-state index contributed by atoms with van der Waals surface area (Å²) in [5.41, 5.74) is 1.42. The second-order valence-corrected chi connectivity index (χ2v) is 3.47. The Morgan fingerprint density at radius 1 is 1.41 bits per heavy atom. The number of hydrogen-bond acceptors (Lipinski definition) is 3. The number of aromatic amines is 1. The zero-order valence-corrected chi connectivity index (χ0v) is 9.53. The van der Waals surface area contributed by atoms with Crippen molar-refractivity contribution < 1.29 is 4.79 Å². The first-order chi connectivity index (χ1) is 8.31. The minimum atomic E-state index is -0.184. The lowest BCUT2D eigenvalue weighted by Gasteiger charge is -2.09. The van der Waals surface area contributed by atoms with Crippen molar-refractivity contribution in [3.8, 4) is 0 Å². The van der Waals surface area contributed by atoms with Crippen molar-refractivity contribution in [1.82, 2.24) is 9.97 Å². The molecule has 1 aromatic carbocycles. The van der Waals surface area contributed by atoms with Gasteiger partial charge in [0.1, 0.15) is 0 Å². The average Bonchev–Trinajstić information content (AvgIpc) is 2.83. The standard InChI is InChI=1S/C12H14N4O/c1-2-13-10-6-4-3-5-9(10)11(17)16-12-14-7-8-15-12/h3-8,13H,2H2,1H3,(H2,14,15,16,17). The Kier molecular flexibility index (Phi) is 3.40. The van der Waals surface area contributed by atoms with Gasteiger partial charge in [-0.1, -0.05) is 12.1 Å². The molecule has 0 spiro atoms. The van der Waals surface area contributed by atoms with Crippen molar-refractivity contribution in [2.75, 3.05) is 17.2 Å². The second-order valence-electron chi connectivity index (χ2n) is 3.47. The van der Waals surface area contributed by atoms with Crippen LogP contribution in [-0.2, 0) is 0 Å². The number of benzene rings is 1. The van der Waals surface area contributed by atoms with Gasteiger partial charge in [0, 0.05) is 24.6 Å². The van der Waals surface area contributed by atoms with Crippen molar-refractivity contribution >= 4 is 17.5 Å². The number of hydrogen-bond donors (Lipinski definition) is 3. The molecule has 1 amide bonds. The summed E-state index contributed by atoms with van der Waals surface area (Å²) in [5.74, 6) is 0.262. The molecule has 0 radical (unpaired) electrons. The highest BCUT2D eigenvalue weighted by molar-refractivity contribution is 6.07. The van der Waals surface area contributed by atoms with Crippen LogP contribution >= 0.6 is 0 Å². The van der Waals surface area contributed by atoms with Crippen LogP contribution in [0.25, 0.3) is 0 Å². The fourth-order valence-electron chi connectivity index (χ4n) is 1.53. The molecule has 88 valence electrons. The quantitative estimate of drug-likeness (QED) is 0.753. The molecule has 2 rings (SSSR count). The Balaban J connectivity index is 2.18. The van der Waals surface area contributed by atoms with Crippen LogP contribution in [0, 0.1) is 0 Å². The zero-order chi connectivity index (χ0) is 12.1. The number of para-hydroxylation sites is 1. The molecule has 0 unspecified atom stereocenters. The molecule has 1 heterocycles. The number of anilines is 2. The van der Waals surface area contributed by atoms with Crippen LogP contribution in [0.1, 0.15) is 17.3 Å². The summed E-state index contributed by atoms with van der Waals surface area (Å²) in [5, 5.41) is 5.84. The van der Waals surface area contributed by atoms with Crippen LogP contribution in [0.2, 0.25) is 0 Å². The lowest BCUT2D eigenvalue weighted by Crippen LogP contribution is -2.15. The van der Waals surface area contributed by atoms with E-state index in [-0.39, 0.29) is 5.91 Å². The first-order valence-electron chi connectivity index (χ1n) is 5.45. The van der Waals surface area contributed by atoms with Gasteiger partial charge in [-0.25, -0.2) is 4.98 Å². The van der Waals surface area contributed by atoms with Crippen molar-refractivity contribution in [3.63, 3.8) is 0 Å². The number of rotatable bonds is 4. The van der Waals surface area contributed by atoms with Crippen LogP contribution in [0.15, 0.2) is 36.7 Å². The minimum absolute atomic E-state index is 0.184. The van der Waals surface area contributed by atoms with E-state index < -0.39 is 0 Å². The summed E-state index contributed by atoms with van der Waals surface area (Å²) in [6.07, 6.45) is 3.25. The molecule has 0 bridgehead atoms. The molecule has 17 heavy (non-hydrogen) atoms. The smallest absolute Gasteiger partial charge is 0.260 e. The molecule has 5 nitrogen and oxygen atoms in total. The third-order valence-corrected chi connectivity index (χ3v) is 2.27. The topological polar surface area (TPSA) is 69.8 Å². The average molecular weight is 230 g/mol. The molecule has 0 fully saturated rings. The molecule has 0 aliphatic carbocycles. The van der Waals surface area contributed by atoms with E-state index in [4.69, 9.17) is 0 Å². The van der Waals surface area contributed by atoms with E-state index >= 15 is 0 Å². The molecule has 1 aromatic heterocycles. The number of imidazole rings is 1. The molecule has 5 heteroatoms. The second kappa shape index (κ2) is 5.16. The van der Waals surface area contributed by atoms with Gasteiger partial charge in [0.25, 0.3) is 5.91 Å². The molecule has 3 N–H and O–H groups in total. The van der Waals surface area contributed by atoms with Gasteiger partial charge in [0.05, 0.1) is 5.56 Å². The molecule has 0 saturated heterocycles. The number of amides is 1. The number of nitrogens with zero attached hydrogens (tertiary/aromatic N) is 1. The summed E-state index contributed by atoms with van der Waals surface area (Å²) in [6, 6.07) is 7.37. The molecular weight excluding hydrogens is 216 g/mol. The number of carbonyl (C=O) groups excluding carboxylic acids is 1. The third kappa shape index (κ3) is 2.63.